The second-order valence-corrected chi connectivity index (χ2v) is 5.27. The lowest BCUT2D eigenvalue weighted by molar-refractivity contribution is -0.151. The Balaban J connectivity index is 1.72. The molecule has 2 fully saturated rings. The Kier molecular flexibility index (Phi) is 4.72. The molecule has 2 amide bonds. The van der Waals surface area contributed by atoms with Crippen LogP contribution in [0.15, 0.2) is 0 Å². The molecule has 2 aliphatic rings. The lowest BCUT2D eigenvalue weighted by Gasteiger charge is -2.29. The molecule has 2 aliphatic heterocycles. The standard InChI is InChI=1S/C13H22N2O3/c1-10-8-12(16)15(13(17)9-10)6-7-18-11-2-4-14-5-3-11/h10-11,14H,2-9H2,1H3. The maximum Gasteiger partial charge on any atom is 0.229 e. The predicted octanol–water partition coefficient (Wildman–Crippen LogP) is 0.540. The molecule has 0 bridgehead atoms. The van der Waals surface area contributed by atoms with E-state index in [0.29, 0.717) is 26.0 Å². The van der Waals surface area contributed by atoms with Crippen LogP contribution in [0.4, 0.5) is 0 Å². The zero-order valence-corrected chi connectivity index (χ0v) is 11.0. The molecule has 0 unspecified atom stereocenters. The minimum absolute atomic E-state index is 0.0485. The van der Waals surface area contributed by atoms with Gasteiger partial charge in [0.25, 0.3) is 0 Å². The van der Waals surface area contributed by atoms with Crippen LogP contribution in [0.1, 0.15) is 32.6 Å². The second kappa shape index (κ2) is 6.29. The number of likely N-dealkylation sites (tertiary alicyclic amines) is 1. The normalized spacial score (nSPS) is 23.7. The van der Waals surface area contributed by atoms with E-state index in [1.807, 2.05) is 6.92 Å². The molecule has 0 aliphatic carbocycles. The van der Waals surface area contributed by atoms with Crippen LogP contribution in [0.3, 0.4) is 0 Å². The fraction of sp³-hybridized carbons (Fsp3) is 0.846. The molecule has 18 heavy (non-hydrogen) atoms. The van der Waals surface area contributed by atoms with Gasteiger partial charge in [0.15, 0.2) is 0 Å². The molecule has 0 aromatic rings. The maximum atomic E-state index is 11.7. The Labute approximate surface area is 108 Å². The van der Waals surface area contributed by atoms with E-state index in [1.54, 1.807) is 0 Å². The summed E-state index contributed by atoms with van der Waals surface area (Å²) >= 11 is 0. The third kappa shape index (κ3) is 3.53. The third-order valence-electron chi connectivity index (χ3n) is 3.60. The van der Waals surface area contributed by atoms with E-state index in [0.717, 1.165) is 25.9 Å². The van der Waals surface area contributed by atoms with Gasteiger partial charge in [0.1, 0.15) is 0 Å². The van der Waals surface area contributed by atoms with Crippen molar-refractivity contribution in [3.63, 3.8) is 0 Å². The molecule has 2 rings (SSSR count). The fourth-order valence-electron chi connectivity index (χ4n) is 2.55. The monoisotopic (exact) mass is 254 g/mol. The van der Waals surface area contributed by atoms with Crippen LogP contribution in [-0.4, -0.2) is 49.1 Å². The topological polar surface area (TPSA) is 58.6 Å². The van der Waals surface area contributed by atoms with Crippen LogP contribution in [0, 0.1) is 5.92 Å². The van der Waals surface area contributed by atoms with E-state index >= 15 is 0 Å². The quantitative estimate of drug-likeness (QED) is 0.744. The number of nitrogens with zero attached hydrogens (tertiary/aromatic N) is 1. The molecule has 2 saturated heterocycles. The number of rotatable bonds is 4. The maximum absolute atomic E-state index is 11.7. The van der Waals surface area contributed by atoms with E-state index in [2.05, 4.69) is 5.32 Å². The molecule has 2 heterocycles. The highest BCUT2D eigenvalue weighted by Crippen LogP contribution is 2.18. The average Bonchev–Trinajstić information content (AvgIpc) is 2.34. The summed E-state index contributed by atoms with van der Waals surface area (Å²) < 4.78 is 5.72. The van der Waals surface area contributed by atoms with Gasteiger partial charge in [0, 0.05) is 12.8 Å². The molecule has 0 aromatic carbocycles. The van der Waals surface area contributed by atoms with E-state index in [1.165, 1.54) is 4.90 Å². The first-order valence-electron chi connectivity index (χ1n) is 6.82. The van der Waals surface area contributed by atoms with Crippen molar-refractivity contribution in [1.29, 1.82) is 0 Å². The van der Waals surface area contributed by atoms with Crippen molar-refractivity contribution in [3.05, 3.63) is 0 Å². The van der Waals surface area contributed by atoms with Gasteiger partial charge in [-0.15, -0.1) is 0 Å². The molecular formula is C13H22N2O3. The van der Waals surface area contributed by atoms with Crippen LogP contribution < -0.4 is 5.32 Å². The van der Waals surface area contributed by atoms with Gasteiger partial charge < -0.3 is 10.1 Å². The van der Waals surface area contributed by atoms with E-state index < -0.39 is 0 Å². The summed E-state index contributed by atoms with van der Waals surface area (Å²) in [4.78, 5) is 24.8. The first-order chi connectivity index (χ1) is 8.66. The molecule has 5 nitrogen and oxygen atoms in total. The molecule has 0 radical (unpaired) electrons. The van der Waals surface area contributed by atoms with Crippen molar-refractivity contribution in [3.8, 4) is 0 Å². The number of piperidine rings is 2. The minimum atomic E-state index is -0.0485. The number of carbonyl (C=O) groups excluding carboxylic acids is 2. The first-order valence-corrected chi connectivity index (χ1v) is 6.82. The zero-order chi connectivity index (χ0) is 13.0. The van der Waals surface area contributed by atoms with Crippen LogP contribution in [0.25, 0.3) is 0 Å². The largest absolute Gasteiger partial charge is 0.376 e. The Hall–Kier alpha value is -0.940. The van der Waals surface area contributed by atoms with Crippen molar-refractivity contribution in [2.24, 2.45) is 5.92 Å². The van der Waals surface area contributed by atoms with E-state index in [4.69, 9.17) is 4.74 Å². The number of amides is 2. The smallest absolute Gasteiger partial charge is 0.229 e. The lowest BCUT2D eigenvalue weighted by atomic mass is 9.98. The Morgan fingerprint density at radius 3 is 2.44 bits per heavy atom. The predicted molar refractivity (Wildman–Crippen MR) is 67.0 cm³/mol. The van der Waals surface area contributed by atoms with Gasteiger partial charge in [-0.2, -0.15) is 0 Å². The SMILES string of the molecule is CC1CC(=O)N(CCOC2CCNCC2)C(=O)C1. The number of nitrogens with one attached hydrogen (secondary N) is 1. The molecule has 1 N–H and O–H groups in total. The van der Waals surface area contributed by atoms with Crippen LogP contribution >= 0.6 is 0 Å². The molecule has 102 valence electrons. The second-order valence-electron chi connectivity index (χ2n) is 5.27. The van der Waals surface area contributed by atoms with Crippen molar-refractivity contribution < 1.29 is 14.3 Å². The number of ether oxygens (including phenoxy) is 1. The van der Waals surface area contributed by atoms with E-state index in [-0.39, 0.29) is 23.8 Å². The van der Waals surface area contributed by atoms with Gasteiger partial charge in [0.05, 0.1) is 19.3 Å². The number of hydrogen-bond donors (Lipinski definition) is 1. The fourth-order valence-corrected chi connectivity index (χ4v) is 2.55. The van der Waals surface area contributed by atoms with Gasteiger partial charge in [0.2, 0.25) is 11.8 Å². The van der Waals surface area contributed by atoms with Crippen LogP contribution in [0.5, 0.6) is 0 Å². The highest BCUT2D eigenvalue weighted by molar-refractivity contribution is 5.97. The molecule has 0 spiro atoms. The Morgan fingerprint density at radius 1 is 1.22 bits per heavy atom. The number of hydrogen-bond acceptors (Lipinski definition) is 4. The Morgan fingerprint density at radius 2 is 1.83 bits per heavy atom. The summed E-state index contributed by atoms with van der Waals surface area (Å²) in [7, 11) is 0. The highest BCUT2D eigenvalue weighted by atomic mass is 16.5. The van der Waals surface area contributed by atoms with Crippen LogP contribution in [-0.2, 0) is 14.3 Å². The van der Waals surface area contributed by atoms with Crippen LogP contribution in [0.2, 0.25) is 0 Å². The molecule has 5 heteroatoms. The van der Waals surface area contributed by atoms with Crippen molar-refractivity contribution >= 4 is 11.8 Å². The Bertz CT molecular complexity index is 295. The van der Waals surface area contributed by atoms with E-state index in [9.17, 15) is 9.59 Å². The molecule has 0 atom stereocenters. The number of imide groups is 1. The average molecular weight is 254 g/mol. The first kappa shape index (κ1) is 13.5. The van der Waals surface area contributed by atoms with Gasteiger partial charge in [-0.3, -0.25) is 14.5 Å². The summed E-state index contributed by atoms with van der Waals surface area (Å²) in [5, 5.41) is 3.27. The minimum Gasteiger partial charge on any atom is -0.376 e. The summed E-state index contributed by atoms with van der Waals surface area (Å²) in [6, 6.07) is 0. The van der Waals surface area contributed by atoms with Gasteiger partial charge >= 0.3 is 0 Å². The summed E-state index contributed by atoms with van der Waals surface area (Å²) in [6.07, 6.45) is 3.27. The zero-order valence-electron chi connectivity index (χ0n) is 11.0. The van der Waals surface area contributed by atoms with Crippen molar-refractivity contribution in [2.75, 3.05) is 26.2 Å². The lowest BCUT2D eigenvalue weighted by Crippen LogP contribution is -2.45. The number of carbonyl (C=O) groups is 2. The summed E-state index contributed by atoms with van der Waals surface area (Å²) in [5.74, 6) is 0.0897. The highest BCUT2D eigenvalue weighted by Gasteiger charge is 2.30. The summed E-state index contributed by atoms with van der Waals surface area (Å²) in [6.45, 7) is 4.80. The molecule has 0 saturated carbocycles. The summed E-state index contributed by atoms with van der Waals surface area (Å²) in [5.41, 5.74) is 0. The van der Waals surface area contributed by atoms with Gasteiger partial charge in [-0.1, -0.05) is 6.92 Å². The van der Waals surface area contributed by atoms with Crippen molar-refractivity contribution in [1.82, 2.24) is 10.2 Å². The molecule has 0 aromatic heterocycles. The van der Waals surface area contributed by atoms with Gasteiger partial charge in [-0.05, 0) is 31.8 Å². The third-order valence-corrected chi connectivity index (χ3v) is 3.60. The van der Waals surface area contributed by atoms with Gasteiger partial charge in [-0.25, -0.2) is 0 Å². The molecular weight excluding hydrogens is 232 g/mol. The van der Waals surface area contributed by atoms with Crippen molar-refractivity contribution in [2.45, 2.75) is 38.7 Å².